The van der Waals surface area contributed by atoms with Gasteiger partial charge in [0.05, 0.1) is 28.9 Å². The Morgan fingerprint density at radius 3 is 2.54 bits per heavy atom. The first-order chi connectivity index (χ1) is 17.1. The molecule has 4 aromatic heterocycles. The van der Waals surface area contributed by atoms with Crippen molar-refractivity contribution in [1.82, 2.24) is 30.2 Å². The third-order valence-corrected chi connectivity index (χ3v) is 6.06. The number of benzene rings is 1. The first-order valence-corrected chi connectivity index (χ1v) is 11.4. The van der Waals surface area contributed by atoms with E-state index in [0.29, 0.717) is 18.8 Å². The number of hydrogen-bond donors (Lipinski definition) is 2. The lowest BCUT2D eigenvalue weighted by Gasteiger charge is -2.26. The SMILES string of the molecule is Cc1cccc(-c2[nH]cnc2-c2ccc3ncc(-c4ccc(C(=O)OC5CNC5)nc4)cc3c2)n1. The van der Waals surface area contributed by atoms with Gasteiger partial charge in [0.2, 0.25) is 0 Å². The number of nitrogens with zero attached hydrogens (tertiary/aromatic N) is 4. The quantitative estimate of drug-likeness (QED) is 0.377. The van der Waals surface area contributed by atoms with Gasteiger partial charge < -0.3 is 15.0 Å². The Labute approximate surface area is 201 Å². The molecule has 0 unspecified atom stereocenters. The predicted octanol–water partition coefficient (Wildman–Crippen LogP) is 4.19. The van der Waals surface area contributed by atoms with Crippen molar-refractivity contribution in [3.63, 3.8) is 0 Å². The second-order valence-electron chi connectivity index (χ2n) is 8.54. The maximum Gasteiger partial charge on any atom is 0.357 e. The Hall–Kier alpha value is -4.43. The maximum atomic E-state index is 12.2. The van der Waals surface area contributed by atoms with Crippen molar-refractivity contribution in [1.29, 1.82) is 0 Å². The summed E-state index contributed by atoms with van der Waals surface area (Å²) in [6.07, 6.45) is 5.11. The number of ether oxygens (including phenoxy) is 1. The van der Waals surface area contributed by atoms with E-state index in [1.807, 2.05) is 49.5 Å². The minimum absolute atomic E-state index is 0.0698. The van der Waals surface area contributed by atoms with Gasteiger partial charge in [0, 0.05) is 53.3 Å². The lowest BCUT2D eigenvalue weighted by molar-refractivity contribution is 0.0163. The minimum atomic E-state index is -0.401. The Balaban J connectivity index is 1.30. The van der Waals surface area contributed by atoms with Gasteiger partial charge in [-0.15, -0.1) is 0 Å². The summed E-state index contributed by atoms with van der Waals surface area (Å²) in [5.74, 6) is -0.401. The van der Waals surface area contributed by atoms with Crippen LogP contribution in [0, 0.1) is 6.92 Å². The highest BCUT2D eigenvalue weighted by Gasteiger charge is 2.22. The molecule has 5 heterocycles. The fourth-order valence-electron chi connectivity index (χ4n) is 4.07. The van der Waals surface area contributed by atoms with E-state index in [2.05, 4.69) is 42.4 Å². The molecule has 0 aliphatic carbocycles. The van der Waals surface area contributed by atoms with Crippen LogP contribution >= 0.6 is 0 Å². The summed E-state index contributed by atoms with van der Waals surface area (Å²) < 4.78 is 5.38. The summed E-state index contributed by atoms with van der Waals surface area (Å²) in [6, 6.07) is 17.6. The van der Waals surface area contributed by atoms with Crippen LogP contribution in [0.2, 0.25) is 0 Å². The van der Waals surface area contributed by atoms with Crippen molar-refractivity contribution in [2.24, 2.45) is 0 Å². The summed E-state index contributed by atoms with van der Waals surface area (Å²) in [6.45, 7) is 3.35. The van der Waals surface area contributed by atoms with E-state index in [0.717, 1.165) is 50.4 Å². The van der Waals surface area contributed by atoms with Gasteiger partial charge in [0.25, 0.3) is 0 Å². The van der Waals surface area contributed by atoms with Crippen LogP contribution in [-0.4, -0.2) is 50.1 Å². The van der Waals surface area contributed by atoms with Crippen molar-refractivity contribution in [3.05, 3.63) is 84.7 Å². The van der Waals surface area contributed by atoms with Gasteiger partial charge >= 0.3 is 5.97 Å². The Kier molecular flexibility index (Phi) is 5.27. The summed E-state index contributed by atoms with van der Waals surface area (Å²) in [4.78, 5) is 33.6. The molecule has 1 fully saturated rings. The number of rotatable bonds is 5. The van der Waals surface area contributed by atoms with Gasteiger partial charge in [-0.05, 0) is 43.3 Å². The van der Waals surface area contributed by atoms with Crippen LogP contribution < -0.4 is 5.32 Å². The highest BCUT2D eigenvalue weighted by Crippen LogP contribution is 2.31. The van der Waals surface area contributed by atoms with E-state index in [-0.39, 0.29) is 6.10 Å². The highest BCUT2D eigenvalue weighted by atomic mass is 16.5. The van der Waals surface area contributed by atoms with Crippen LogP contribution in [0.3, 0.4) is 0 Å². The predicted molar refractivity (Wildman–Crippen MR) is 133 cm³/mol. The molecule has 0 radical (unpaired) electrons. The van der Waals surface area contributed by atoms with Gasteiger partial charge in [-0.25, -0.2) is 14.8 Å². The molecule has 1 aliphatic heterocycles. The standard InChI is InChI=1S/C27H22N6O2/c1-16-3-2-4-23(33-16)26-25(31-15-32-26)17-5-7-22-19(9-17)10-20(12-29-22)18-6-8-24(30-11-18)27(34)35-21-13-28-14-21/h2-12,15,21,28H,13-14H2,1H3,(H,31,32). The molecule has 35 heavy (non-hydrogen) atoms. The van der Waals surface area contributed by atoms with E-state index < -0.39 is 5.97 Å². The summed E-state index contributed by atoms with van der Waals surface area (Å²) >= 11 is 0. The zero-order chi connectivity index (χ0) is 23.8. The van der Waals surface area contributed by atoms with Crippen molar-refractivity contribution in [2.75, 3.05) is 13.1 Å². The third kappa shape index (κ3) is 4.15. The van der Waals surface area contributed by atoms with E-state index >= 15 is 0 Å². The number of pyridine rings is 3. The number of carbonyl (C=O) groups is 1. The number of hydrogen-bond acceptors (Lipinski definition) is 7. The van der Waals surface area contributed by atoms with Gasteiger partial charge in [-0.2, -0.15) is 0 Å². The van der Waals surface area contributed by atoms with Crippen LogP contribution in [0.15, 0.2) is 73.3 Å². The summed E-state index contributed by atoms with van der Waals surface area (Å²) in [5, 5.41) is 4.05. The molecule has 172 valence electrons. The molecule has 0 spiro atoms. The molecular formula is C27H22N6O2. The second-order valence-corrected chi connectivity index (χ2v) is 8.54. The molecule has 8 nitrogen and oxygen atoms in total. The molecule has 2 N–H and O–H groups in total. The number of aromatic amines is 1. The highest BCUT2D eigenvalue weighted by molar-refractivity contribution is 5.90. The van der Waals surface area contributed by atoms with Crippen molar-refractivity contribution >= 4 is 16.9 Å². The molecule has 0 saturated carbocycles. The Morgan fingerprint density at radius 2 is 1.77 bits per heavy atom. The van der Waals surface area contributed by atoms with Crippen LogP contribution in [0.5, 0.6) is 0 Å². The smallest absolute Gasteiger partial charge is 0.357 e. The maximum absolute atomic E-state index is 12.2. The van der Waals surface area contributed by atoms with Crippen LogP contribution in [0.1, 0.15) is 16.2 Å². The molecule has 6 rings (SSSR count). The lowest BCUT2D eigenvalue weighted by Crippen LogP contribution is -2.49. The molecule has 8 heteroatoms. The van der Waals surface area contributed by atoms with Crippen molar-refractivity contribution in [2.45, 2.75) is 13.0 Å². The average molecular weight is 463 g/mol. The molecule has 0 amide bonds. The van der Waals surface area contributed by atoms with Gasteiger partial charge in [0.1, 0.15) is 11.8 Å². The van der Waals surface area contributed by atoms with Crippen LogP contribution in [0.4, 0.5) is 0 Å². The topological polar surface area (TPSA) is 106 Å². The molecule has 0 atom stereocenters. The van der Waals surface area contributed by atoms with E-state index in [1.54, 1.807) is 18.6 Å². The Bertz CT molecular complexity index is 1540. The summed E-state index contributed by atoms with van der Waals surface area (Å²) in [5.41, 5.74) is 7.44. The molecule has 5 aromatic rings. The number of fused-ring (bicyclic) bond motifs is 1. The Morgan fingerprint density at radius 1 is 0.943 bits per heavy atom. The third-order valence-electron chi connectivity index (χ3n) is 6.06. The lowest BCUT2D eigenvalue weighted by atomic mass is 10.0. The molecule has 1 aromatic carbocycles. The monoisotopic (exact) mass is 462 g/mol. The zero-order valence-electron chi connectivity index (χ0n) is 19.0. The van der Waals surface area contributed by atoms with Gasteiger partial charge in [-0.1, -0.05) is 18.2 Å². The van der Waals surface area contributed by atoms with E-state index in [1.165, 1.54) is 0 Å². The first-order valence-electron chi connectivity index (χ1n) is 11.4. The summed E-state index contributed by atoms with van der Waals surface area (Å²) in [7, 11) is 0. The van der Waals surface area contributed by atoms with E-state index in [9.17, 15) is 4.79 Å². The van der Waals surface area contributed by atoms with Gasteiger partial charge in [0.15, 0.2) is 0 Å². The molecule has 1 saturated heterocycles. The number of H-pyrrole nitrogens is 1. The number of carbonyl (C=O) groups excluding carboxylic acids is 1. The van der Waals surface area contributed by atoms with Crippen molar-refractivity contribution < 1.29 is 9.53 Å². The number of aromatic nitrogens is 5. The fourth-order valence-corrected chi connectivity index (χ4v) is 4.07. The second kappa shape index (κ2) is 8.73. The van der Waals surface area contributed by atoms with E-state index in [4.69, 9.17) is 4.74 Å². The molecule has 0 bridgehead atoms. The number of aryl methyl sites for hydroxylation is 1. The number of imidazole rings is 1. The largest absolute Gasteiger partial charge is 0.455 e. The molecule has 1 aliphatic rings. The first kappa shape index (κ1) is 21.1. The van der Waals surface area contributed by atoms with Crippen LogP contribution in [0.25, 0.3) is 44.7 Å². The van der Waals surface area contributed by atoms with Gasteiger partial charge in [-0.3, -0.25) is 9.97 Å². The minimum Gasteiger partial charge on any atom is -0.455 e. The van der Waals surface area contributed by atoms with Crippen LogP contribution in [-0.2, 0) is 4.74 Å². The average Bonchev–Trinajstić information content (AvgIpc) is 3.36. The number of nitrogens with one attached hydrogen (secondary N) is 2. The molecular weight excluding hydrogens is 440 g/mol. The van der Waals surface area contributed by atoms with Crippen molar-refractivity contribution in [3.8, 4) is 33.8 Å². The number of esters is 1. The normalized spacial score (nSPS) is 13.5. The zero-order valence-corrected chi connectivity index (χ0v) is 19.0. The fraction of sp³-hybridized carbons (Fsp3) is 0.148.